The van der Waals surface area contributed by atoms with E-state index in [9.17, 15) is 46.1 Å². The molecular formula is C51H58F6N14O4. The number of alkyl halides is 6. The molecule has 2 amide bonds. The van der Waals surface area contributed by atoms with E-state index in [2.05, 4.69) is 62.4 Å². The lowest BCUT2D eigenvalue weighted by Gasteiger charge is -2.16. The summed E-state index contributed by atoms with van der Waals surface area (Å²) >= 11 is 0. The van der Waals surface area contributed by atoms with Gasteiger partial charge in [-0.25, -0.2) is 25.8 Å². The van der Waals surface area contributed by atoms with Crippen molar-refractivity contribution < 1.29 is 46.1 Å². The molecule has 7 aromatic rings. The first-order valence-corrected chi connectivity index (χ1v) is 23.0. The Balaban J connectivity index is 0.000000243. The average molecular weight is 1050 g/mol. The van der Waals surface area contributed by atoms with Gasteiger partial charge in [0, 0.05) is 72.2 Å². The Morgan fingerprint density at radius 3 is 1.53 bits per heavy atom. The summed E-state index contributed by atoms with van der Waals surface area (Å²) in [5.74, 6) is 6.77. The molecule has 18 nitrogen and oxygen atoms in total. The van der Waals surface area contributed by atoms with Crippen molar-refractivity contribution in [3.63, 3.8) is 0 Å². The number of aromatic nitrogens is 6. The summed E-state index contributed by atoms with van der Waals surface area (Å²) in [6, 6.07) is 21.5. The van der Waals surface area contributed by atoms with E-state index in [1.807, 2.05) is 46.8 Å². The number of rotatable bonds is 14. The van der Waals surface area contributed by atoms with Crippen LogP contribution in [0.5, 0.6) is 0 Å². The molecule has 11 N–H and O–H groups in total. The van der Waals surface area contributed by atoms with E-state index in [1.54, 1.807) is 61.2 Å². The van der Waals surface area contributed by atoms with Crippen LogP contribution in [0.4, 0.5) is 72.4 Å². The lowest BCUT2D eigenvalue weighted by molar-refractivity contribution is -0.138. The van der Waals surface area contributed by atoms with Crippen molar-refractivity contribution >= 4 is 57.8 Å². The molecule has 398 valence electrons. The molecule has 0 aliphatic carbocycles. The van der Waals surface area contributed by atoms with E-state index >= 15 is 0 Å². The lowest BCUT2D eigenvalue weighted by atomic mass is 10.0. The van der Waals surface area contributed by atoms with Crippen LogP contribution in [0.25, 0.3) is 5.82 Å². The fraction of sp³-hybridized carbons (Fsp3) is 0.275. The number of halogens is 6. The molecule has 75 heavy (non-hydrogen) atoms. The van der Waals surface area contributed by atoms with Crippen molar-refractivity contribution in [3.05, 3.63) is 154 Å². The number of nitrogen functional groups attached to an aromatic ring is 1. The molecule has 24 heteroatoms. The Kier molecular flexibility index (Phi) is 19.2. The maximum absolute atomic E-state index is 13.4. The molecule has 4 aromatic carbocycles. The SMILES string of the molecule is CNc1cc(-n2nc(C)cc2Nc2cc(NC(=O)c3cc(C(C)O)cc(C(F)(F)F)c3)ccc2C)ncn1.CNc1cc(NN)ncn1.Cc1ccc(NC(=O)c2cc(C(C)O)cc(C(F)(F)F)c2)cc1NC(C)C. The number of nitrogens with one attached hydrogen (secondary N) is 7. The molecule has 0 aliphatic rings. The number of aliphatic hydroxyl groups excluding tert-OH is 2. The van der Waals surface area contributed by atoms with Gasteiger partial charge in [0.05, 0.1) is 29.0 Å². The molecule has 3 aromatic heterocycles. The number of amides is 2. The topological polar surface area (TPSA) is 254 Å². The first-order chi connectivity index (χ1) is 35.3. The summed E-state index contributed by atoms with van der Waals surface area (Å²) in [6.45, 7) is 12.3. The molecule has 0 saturated carbocycles. The van der Waals surface area contributed by atoms with Gasteiger partial charge in [0.2, 0.25) is 0 Å². The Morgan fingerprint density at radius 2 is 1.07 bits per heavy atom. The third-order valence-corrected chi connectivity index (χ3v) is 10.8. The average Bonchev–Trinajstić information content (AvgIpc) is 3.74. The zero-order chi connectivity index (χ0) is 55.4. The zero-order valence-corrected chi connectivity index (χ0v) is 42.3. The van der Waals surface area contributed by atoms with Gasteiger partial charge in [-0.15, -0.1) is 0 Å². The van der Waals surface area contributed by atoms with E-state index in [4.69, 9.17) is 5.84 Å². The second-order valence-electron chi connectivity index (χ2n) is 17.2. The number of aryl methyl sites for hydroxylation is 3. The molecule has 0 bridgehead atoms. The second-order valence-corrected chi connectivity index (χ2v) is 17.2. The normalized spacial score (nSPS) is 12.0. The highest BCUT2D eigenvalue weighted by atomic mass is 19.4. The Labute approximate surface area is 428 Å². The summed E-state index contributed by atoms with van der Waals surface area (Å²) in [6.07, 6.45) is -8.73. The molecule has 2 atom stereocenters. The molecule has 0 aliphatic heterocycles. The number of carbonyl (C=O) groups excluding carboxylic acids is 2. The maximum Gasteiger partial charge on any atom is 0.416 e. The molecule has 0 saturated heterocycles. The van der Waals surface area contributed by atoms with Crippen LogP contribution in [0.15, 0.2) is 104 Å². The van der Waals surface area contributed by atoms with E-state index < -0.39 is 47.5 Å². The minimum atomic E-state index is -4.67. The molecule has 0 fully saturated rings. The number of hydrogen-bond acceptors (Lipinski definition) is 15. The zero-order valence-electron chi connectivity index (χ0n) is 42.3. The lowest BCUT2D eigenvalue weighted by Crippen LogP contribution is -2.16. The predicted molar refractivity (Wildman–Crippen MR) is 277 cm³/mol. The van der Waals surface area contributed by atoms with Crippen molar-refractivity contribution in [3.8, 4) is 5.82 Å². The van der Waals surface area contributed by atoms with Gasteiger partial charge < -0.3 is 47.5 Å². The summed E-state index contributed by atoms with van der Waals surface area (Å²) in [7, 11) is 3.52. The fourth-order valence-electron chi connectivity index (χ4n) is 6.86. The minimum Gasteiger partial charge on any atom is -0.389 e. The van der Waals surface area contributed by atoms with E-state index in [0.29, 0.717) is 40.3 Å². The van der Waals surface area contributed by atoms with Gasteiger partial charge in [-0.3, -0.25) is 9.59 Å². The Bertz CT molecular complexity index is 3070. The quantitative estimate of drug-likeness (QED) is 0.0276. The van der Waals surface area contributed by atoms with Gasteiger partial charge in [0.15, 0.2) is 5.82 Å². The van der Waals surface area contributed by atoms with Crippen LogP contribution >= 0.6 is 0 Å². The molecular weight excluding hydrogens is 987 g/mol. The number of hydrogen-bond donors (Lipinski definition) is 10. The van der Waals surface area contributed by atoms with Crippen molar-refractivity contribution in [2.75, 3.05) is 51.4 Å². The first kappa shape index (κ1) is 57.5. The third-order valence-electron chi connectivity index (χ3n) is 10.8. The van der Waals surface area contributed by atoms with Crippen LogP contribution in [0, 0.1) is 20.8 Å². The largest absolute Gasteiger partial charge is 0.416 e. The van der Waals surface area contributed by atoms with E-state index in [-0.39, 0.29) is 28.3 Å². The Hall–Kier alpha value is -8.35. The fourth-order valence-corrected chi connectivity index (χ4v) is 6.86. The van der Waals surface area contributed by atoms with Crippen LogP contribution in [0.1, 0.15) is 99.7 Å². The van der Waals surface area contributed by atoms with Gasteiger partial charge >= 0.3 is 12.4 Å². The van der Waals surface area contributed by atoms with Gasteiger partial charge in [0.25, 0.3) is 11.8 Å². The number of aliphatic hydroxyl groups is 2. The molecule has 0 radical (unpaired) electrons. The van der Waals surface area contributed by atoms with Crippen LogP contribution in [0.3, 0.4) is 0 Å². The summed E-state index contributed by atoms with van der Waals surface area (Å²) < 4.78 is 81.0. The number of nitrogens with two attached hydrogens (primary N) is 1. The third kappa shape index (κ3) is 16.3. The van der Waals surface area contributed by atoms with Crippen LogP contribution in [-0.4, -0.2) is 71.9 Å². The molecule has 0 spiro atoms. The highest BCUT2D eigenvalue weighted by molar-refractivity contribution is 6.05. The van der Waals surface area contributed by atoms with Gasteiger partial charge in [-0.2, -0.15) is 36.1 Å². The van der Waals surface area contributed by atoms with Crippen LogP contribution in [-0.2, 0) is 12.4 Å². The maximum atomic E-state index is 13.4. The van der Waals surface area contributed by atoms with Gasteiger partial charge in [0.1, 0.15) is 35.9 Å². The highest BCUT2D eigenvalue weighted by Crippen LogP contribution is 2.34. The molecule has 3 heterocycles. The van der Waals surface area contributed by atoms with Crippen molar-refractivity contribution in [2.45, 2.75) is 79.1 Å². The predicted octanol–water partition coefficient (Wildman–Crippen LogP) is 10.3. The number of nitrogens with zero attached hydrogens (tertiary/aromatic N) is 6. The van der Waals surface area contributed by atoms with Crippen molar-refractivity contribution in [1.29, 1.82) is 0 Å². The van der Waals surface area contributed by atoms with E-state index in [0.717, 1.165) is 52.6 Å². The monoisotopic (exact) mass is 1040 g/mol. The summed E-state index contributed by atoms with van der Waals surface area (Å²) in [5, 5.41) is 41.6. The minimum absolute atomic E-state index is 0.00831. The Morgan fingerprint density at radius 1 is 0.600 bits per heavy atom. The first-order valence-electron chi connectivity index (χ1n) is 23.0. The number of hydrazine groups is 1. The standard InChI is InChI=1S/C26H26F3N7O2.C20H23F3N2O2.C5H9N5/c1-14-5-6-20(33-25(38)18-8-17(16(3)37)9-19(10-18)26(27,28)29)11-21(14)34-24-7-15(2)35-36(24)23-12-22(30-4)31-13-32-23;1-11(2)24-18-10-17(6-5-12(18)3)25-19(27)15-7-14(13(4)26)8-16(9-15)20(21,22)23;1-7-4-2-5(10-6)9-3-8-4/h5-13,16,34,37H,1-4H3,(H,33,38)(H,30,31,32);5-11,13,24,26H,1-4H3,(H,25,27);2-3H,6H2,1H3,(H2,7,8,9,10). The highest BCUT2D eigenvalue weighted by Gasteiger charge is 2.33. The van der Waals surface area contributed by atoms with Crippen LogP contribution < -0.4 is 43.2 Å². The van der Waals surface area contributed by atoms with Crippen molar-refractivity contribution in [2.24, 2.45) is 5.84 Å². The summed E-state index contributed by atoms with van der Waals surface area (Å²) in [5.41, 5.74) is 4.92. The number of carbonyl (C=O) groups is 2. The second kappa shape index (κ2) is 25.1. The van der Waals surface area contributed by atoms with Crippen molar-refractivity contribution in [1.82, 2.24) is 29.7 Å². The van der Waals surface area contributed by atoms with Gasteiger partial charge in [-0.1, -0.05) is 12.1 Å². The number of benzene rings is 4. The molecule has 7 rings (SSSR count). The van der Waals surface area contributed by atoms with E-state index in [1.165, 1.54) is 38.6 Å². The molecule has 2 unspecified atom stereocenters. The smallest absolute Gasteiger partial charge is 0.389 e. The van der Waals surface area contributed by atoms with Gasteiger partial charge in [-0.05, 0) is 131 Å². The summed E-state index contributed by atoms with van der Waals surface area (Å²) in [4.78, 5) is 41.5. The number of anilines is 8. The van der Waals surface area contributed by atoms with Crippen LogP contribution in [0.2, 0.25) is 0 Å².